The van der Waals surface area contributed by atoms with E-state index in [4.69, 9.17) is 4.74 Å². The molecule has 3 aromatic rings. The van der Waals surface area contributed by atoms with Crippen molar-refractivity contribution in [3.05, 3.63) is 91.0 Å². The molecular formula is C20H19OPSe2. The summed E-state index contributed by atoms with van der Waals surface area (Å²) in [5.41, 5.74) is 0. The van der Waals surface area contributed by atoms with Gasteiger partial charge in [0.2, 0.25) is 0 Å². The molecule has 0 heterocycles. The van der Waals surface area contributed by atoms with E-state index in [-0.39, 0.29) is 19.5 Å². The first-order valence-electron chi connectivity index (χ1n) is 7.80. The molecule has 0 amide bonds. The number of hydrogen-bond donors (Lipinski definition) is 0. The molecule has 0 saturated carbocycles. The average Bonchev–Trinajstić information content (AvgIpc) is 2.64. The molecule has 0 aliphatic rings. The second-order valence-corrected chi connectivity index (χ2v) is 20.8. The second kappa shape index (κ2) is 8.34. The molecule has 122 valence electrons. The Labute approximate surface area is 157 Å². The van der Waals surface area contributed by atoms with Gasteiger partial charge in [0, 0.05) is 0 Å². The van der Waals surface area contributed by atoms with Gasteiger partial charge in [0.05, 0.1) is 0 Å². The zero-order chi connectivity index (χ0) is 16.8. The minimum atomic E-state index is -1.55. The van der Waals surface area contributed by atoms with Gasteiger partial charge in [-0.1, -0.05) is 0 Å². The van der Waals surface area contributed by atoms with Crippen LogP contribution in [-0.2, 0) is 0 Å². The number of ether oxygens (including phenoxy) is 1. The van der Waals surface area contributed by atoms with Crippen LogP contribution < -0.4 is 15.3 Å². The van der Waals surface area contributed by atoms with Crippen LogP contribution in [0.25, 0.3) is 0 Å². The van der Waals surface area contributed by atoms with E-state index in [0.717, 1.165) is 5.75 Å². The molecule has 4 heteroatoms. The van der Waals surface area contributed by atoms with E-state index < -0.39 is 4.20 Å². The number of para-hydroxylation sites is 1. The molecule has 0 spiro atoms. The Bertz CT molecular complexity index is 763. The third-order valence-electron chi connectivity index (χ3n) is 3.53. The van der Waals surface area contributed by atoms with Gasteiger partial charge in [0.1, 0.15) is 0 Å². The van der Waals surface area contributed by atoms with Gasteiger partial charge < -0.3 is 0 Å². The van der Waals surface area contributed by atoms with Gasteiger partial charge in [-0.15, -0.1) is 0 Å². The van der Waals surface area contributed by atoms with Crippen LogP contribution in [0.2, 0.25) is 0 Å². The van der Waals surface area contributed by atoms with Gasteiger partial charge in [-0.05, 0) is 0 Å². The molecule has 24 heavy (non-hydrogen) atoms. The van der Waals surface area contributed by atoms with E-state index in [1.54, 1.807) is 0 Å². The summed E-state index contributed by atoms with van der Waals surface area (Å²) < 4.78 is 4.63. The summed E-state index contributed by atoms with van der Waals surface area (Å²) in [5.74, 6) is 0.944. The summed E-state index contributed by atoms with van der Waals surface area (Å²) >= 11 is 3.88. The number of hydrogen-bond acceptors (Lipinski definition) is 1. The van der Waals surface area contributed by atoms with Crippen LogP contribution in [0.15, 0.2) is 91.0 Å². The molecule has 0 saturated heterocycles. The van der Waals surface area contributed by atoms with Crippen LogP contribution in [0.4, 0.5) is 0 Å². The van der Waals surface area contributed by atoms with Crippen molar-refractivity contribution in [1.82, 2.24) is 0 Å². The van der Waals surface area contributed by atoms with Crippen molar-refractivity contribution in [3.8, 4) is 5.75 Å². The summed E-state index contributed by atoms with van der Waals surface area (Å²) in [4.78, 5) is 0. The predicted octanol–water partition coefficient (Wildman–Crippen LogP) is 3.78. The molecular weight excluding hydrogens is 445 g/mol. The first kappa shape index (κ1) is 17.7. The molecule has 0 fully saturated rings. The monoisotopic (exact) mass is 466 g/mol. The Balaban J connectivity index is 1.90. The maximum atomic E-state index is 6.19. The van der Waals surface area contributed by atoms with Gasteiger partial charge in [0.25, 0.3) is 0 Å². The predicted molar refractivity (Wildman–Crippen MR) is 107 cm³/mol. The van der Waals surface area contributed by atoms with Crippen LogP contribution in [0.1, 0.15) is 6.92 Å². The summed E-state index contributed by atoms with van der Waals surface area (Å²) in [6.07, 6.45) is 0. The fourth-order valence-corrected chi connectivity index (χ4v) is 16.3. The molecule has 1 unspecified atom stereocenters. The van der Waals surface area contributed by atoms with Gasteiger partial charge in [-0.2, -0.15) is 0 Å². The van der Waals surface area contributed by atoms with E-state index in [9.17, 15) is 0 Å². The Morgan fingerprint density at radius 2 is 1.17 bits per heavy atom. The fourth-order valence-electron chi connectivity index (χ4n) is 2.44. The van der Waals surface area contributed by atoms with E-state index in [1.807, 2.05) is 30.3 Å². The van der Waals surface area contributed by atoms with Crippen molar-refractivity contribution in [2.24, 2.45) is 0 Å². The molecule has 1 atom stereocenters. The third kappa shape index (κ3) is 4.31. The van der Waals surface area contributed by atoms with Crippen LogP contribution >= 0.6 is 4.20 Å². The van der Waals surface area contributed by atoms with Crippen molar-refractivity contribution >= 4 is 44.4 Å². The van der Waals surface area contributed by atoms with Crippen molar-refractivity contribution in [1.29, 1.82) is 0 Å². The van der Waals surface area contributed by atoms with Gasteiger partial charge in [-0.25, -0.2) is 0 Å². The molecule has 1 nitrogen and oxygen atoms in total. The average molecular weight is 464 g/mol. The van der Waals surface area contributed by atoms with Gasteiger partial charge in [-0.3, -0.25) is 0 Å². The molecule has 0 N–H and O–H groups in total. The zero-order valence-corrected chi connectivity index (χ0v) is 17.7. The number of rotatable bonds is 6. The molecule has 0 bridgehead atoms. The molecule has 0 radical (unpaired) electrons. The quantitative estimate of drug-likeness (QED) is 0.399. The summed E-state index contributed by atoms with van der Waals surface area (Å²) in [6.45, 7) is 2.19. The van der Waals surface area contributed by atoms with Gasteiger partial charge >= 0.3 is 158 Å². The second-order valence-electron chi connectivity index (χ2n) is 5.33. The molecule has 0 aliphatic heterocycles. The van der Waals surface area contributed by atoms with Crippen molar-refractivity contribution < 1.29 is 4.74 Å². The molecule has 3 rings (SSSR count). The van der Waals surface area contributed by atoms with Crippen molar-refractivity contribution in [2.75, 3.05) is 0 Å². The van der Waals surface area contributed by atoms with E-state index >= 15 is 0 Å². The van der Waals surface area contributed by atoms with Crippen LogP contribution in [0, 0.1) is 0 Å². The third-order valence-corrected chi connectivity index (χ3v) is 18.1. The molecule has 0 aliphatic carbocycles. The first-order chi connectivity index (χ1) is 11.7. The number of benzene rings is 3. The van der Waals surface area contributed by atoms with Crippen molar-refractivity contribution in [2.45, 2.75) is 11.9 Å². The standard InChI is InChI=1S/C20H19OPSe2/c1-17(21-18-11-5-2-6-12-18)24-22(23,19-13-7-3-8-14-19)20-15-9-4-10-16-20/h2-17H,1H3. The molecule has 3 aromatic carbocycles. The fraction of sp³-hybridized carbons (Fsp3) is 0.100. The Morgan fingerprint density at radius 3 is 1.62 bits per heavy atom. The summed E-state index contributed by atoms with van der Waals surface area (Å²) in [5, 5.41) is 2.99. The van der Waals surface area contributed by atoms with E-state index in [2.05, 4.69) is 82.7 Å². The van der Waals surface area contributed by atoms with Crippen LogP contribution in [0.3, 0.4) is 0 Å². The van der Waals surface area contributed by atoms with Crippen LogP contribution in [-0.4, -0.2) is 34.6 Å². The summed E-state index contributed by atoms with van der Waals surface area (Å²) in [7, 11) is 0. The Morgan fingerprint density at radius 1 is 0.750 bits per heavy atom. The topological polar surface area (TPSA) is 9.23 Å². The first-order valence-corrected chi connectivity index (χ1v) is 15.0. The van der Waals surface area contributed by atoms with E-state index in [1.165, 1.54) is 10.6 Å². The maximum absolute atomic E-state index is 6.19. The Hall–Kier alpha value is -1.07. The van der Waals surface area contributed by atoms with Crippen molar-refractivity contribution in [3.63, 3.8) is 0 Å². The van der Waals surface area contributed by atoms with Crippen LogP contribution in [0.5, 0.6) is 5.75 Å². The minimum absolute atomic E-state index is 0.190. The van der Waals surface area contributed by atoms with E-state index in [0.29, 0.717) is 0 Å². The summed E-state index contributed by atoms with van der Waals surface area (Å²) in [6, 6.07) is 31.7. The Kier molecular flexibility index (Phi) is 6.17. The zero-order valence-electron chi connectivity index (χ0n) is 13.4. The SMILES string of the molecule is CC(Oc1ccccc1)[Se]P(=[Se])(c1ccccc1)c1ccccc1. The normalized spacial score (nSPS) is 12.5. The molecule has 0 aromatic heterocycles. The van der Waals surface area contributed by atoms with Gasteiger partial charge in [0.15, 0.2) is 0 Å².